The molecule has 0 radical (unpaired) electrons. The number of rotatable bonds is 19. The number of methoxy groups -OCH3 is 1. The first kappa shape index (κ1) is 48.5. The normalized spacial score (nSPS) is 38.3. The van der Waals surface area contributed by atoms with Crippen LogP contribution in [0.4, 0.5) is 0 Å². The van der Waals surface area contributed by atoms with Gasteiger partial charge in [-0.2, -0.15) is 0 Å². The van der Waals surface area contributed by atoms with Gasteiger partial charge in [0.1, 0.15) is 23.6 Å². The number of hydrogen-bond donors (Lipinski definition) is 5. The first-order valence-electron chi connectivity index (χ1n) is 20.1. The van der Waals surface area contributed by atoms with Gasteiger partial charge in [0.05, 0.1) is 47.8 Å². The fourth-order valence-corrected chi connectivity index (χ4v) is 9.12. The molecule has 0 aromatic heterocycles. The molecule has 3 aliphatic heterocycles. The average Bonchev–Trinajstić information content (AvgIpc) is 3.41. The van der Waals surface area contributed by atoms with Gasteiger partial charge in [-0.1, -0.05) is 27.7 Å². The number of ketones is 1. The Morgan fingerprint density at radius 1 is 1.07 bits per heavy atom. The molecule has 3 heterocycles. The number of carbonyl (C=O) groups is 1. The standard InChI is InChI=1S/C39H75BN2O13/c1-16-29(44)39(11)35(54-40(48)55-39)25(6)42(14)20-21(2)18-37(9,47)34(53-36-31(45)28(41(12)13)17-22(3)50-36)24(5)32(23(4)26(7)43)52-30-19-38(10,49-15)33(46)27(8)51-30/h21-25,27-36,44-48H,16-20H2,1-15H3/t21-,22-,23+,24+,25-,27+,28+,29-,30?,31-,32-,33+,34-,35-,36?,37-,38-,39-/m1/s1. The highest BCUT2D eigenvalue weighted by Gasteiger charge is 2.56. The zero-order valence-corrected chi connectivity index (χ0v) is 36.2. The van der Waals surface area contributed by atoms with Crippen molar-refractivity contribution in [1.29, 1.82) is 0 Å². The largest absolute Gasteiger partial charge is 0.637 e. The van der Waals surface area contributed by atoms with Gasteiger partial charge in [0.15, 0.2) is 12.6 Å². The zero-order chi connectivity index (χ0) is 42.0. The second kappa shape index (κ2) is 19.5. The van der Waals surface area contributed by atoms with Gasteiger partial charge < -0.3 is 68.2 Å². The molecule has 3 fully saturated rings. The van der Waals surface area contributed by atoms with Crippen molar-refractivity contribution < 1.29 is 63.2 Å². The van der Waals surface area contributed by atoms with E-state index in [9.17, 15) is 30.2 Å². The maximum absolute atomic E-state index is 13.1. The first-order chi connectivity index (χ1) is 25.3. The lowest BCUT2D eigenvalue weighted by atomic mass is 9.77. The number of aliphatic hydroxyl groups excluding tert-OH is 3. The van der Waals surface area contributed by atoms with E-state index in [1.807, 2.05) is 60.7 Å². The SMILES string of the molecule is CC[C@@H](O)[C@@]1(C)OB(O)O[C@@H]1[C@@H](C)N(C)C[C@H](C)C[C@@](C)(O)[C@H](OC1O[C@H](C)C[C@H](N(C)C)[C@H]1O)[C@@H](C)[C@H](OC1C[C@@](C)(OC)[C@@H](O)[C@H](C)O1)[C@@H](C)C(C)=O. The van der Waals surface area contributed by atoms with Crippen LogP contribution in [0.5, 0.6) is 0 Å². The maximum atomic E-state index is 13.1. The molecule has 0 aromatic carbocycles. The minimum atomic E-state index is -1.55. The molecule has 5 N–H and O–H groups in total. The number of Topliss-reactive ketones (excluding diaryl/α,β-unsaturated/α-hetero) is 1. The predicted molar refractivity (Wildman–Crippen MR) is 207 cm³/mol. The van der Waals surface area contributed by atoms with Gasteiger partial charge in [0.25, 0.3) is 0 Å². The Morgan fingerprint density at radius 2 is 1.69 bits per heavy atom. The molecule has 0 bridgehead atoms. The van der Waals surface area contributed by atoms with Crippen LogP contribution in [0.3, 0.4) is 0 Å². The molecule has 16 heteroatoms. The van der Waals surface area contributed by atoms with Crippen molar-refractivity contribution in [3.63, 3.8) is 0 Å². The molecule has 3 saturated heterocycles. The minimum absolute atomic E-state index is 0.128. The number of nitrogens with zero attached hydrogens (tertiary/aromatic N) is 2. The number of carbonyl (C=O) groups excluding carboxylic acids is 1. The van der Waals surface area contributed by atoms with E-state index < -0.39 is 91.3 Å². The van der Waals surface area contributed by atoms with E-state index in [4.69, 9.17) is 33.0 Å². The van der Waals surface area contributed by atoms with Gasteiger partial charge in [-0.3, -0.25) is 4.79 Å². The van der Waals surface area contributed by atoms with E-state index in [0.29, 0.717) is 19.4 Å². The Bertz CT molecular complexity index is 1220. The van der Waals surface area contributed by atoms with Crippen molar-refractivity contribution in [3.8, 4) is 0 Å². The van der Waals surface area contributed by atoms with E-state index >= 15 is 0 Å². The van der Waals surface area contributed by atoms with Gasteiger partial charge in [0.2, 0.25) is 0 Å². The summed E-state index contributed by atoms with van der Waals surface area (Å²) in [4.78, 5) is 17.1. The lowest BCUT2D eigenvalue weighted by Gasteiger charge is -2.49. The highest BCUT2D eigenvalue weighted by Crippen LogP contribution is 2.40. The first-order valence-corrected chi connectivity index (χ1v) is 20.1. The van der Waals surface area contributed by atoms with E-state index in [1.165, 1.54) is 14.0 Å². The molecule has 15 nitrogen and oxygen atoms in total. The third-order valence-corrected chi connectivity index (χ3v) is 12.8. The van der Waals surface area contributed by atoms with Gasteiger partial charge in [-0.15, -0.1) is 0 Å². The summed E-state index contributed by atoms with van der Waals surface area (Å²) in [5, 5.41) is 56.1. The average molecular weight is 791 g/mol. The van der Waals surface area contributed by atoms with Crippen LogP contribution in [0.2, 0.25) is 0 Å². The Labute approximate surface area is 330 Å². The highest BCUT2D eigenvalue weighted by atomic mass is 16.7. The summed E-state index contributed by atoms with van der Waals surface area (Å²) in [7, 11) is 5.77. The summed E-state index contributed by atoms with van der Waals surface area (Å²) < 4.78 is 42.9. The fourth-order valence-electron chi connectivity index (χ4n) is 9.12. The molecule has 0 saturated carbocycles. The van der Waals surface area contributed by atoms with E-state index in [-0.39, 0.29) is 42.7 Å². The van der Waals surface area contributed by atoms with Crippen molar-refractivity contribution in [2.45, 2.75) is 192 Å². The quantitative estimate of drug-likeness (QED) is 0.119. The van der Waals surface area contributed by atoms with Crippen molar-refractivity contribution >= 4 is 13.1 Å². The molecule has 3 rings (SSSR count). The summed E-state index contributed by atoms with van der Waals surface area (Å²) in [5.41, 5.74) is -3.65. The van der Waals surface area contributed by atoms with Crippen LogP contribution in [0, 0.1) is 17.8 Å². The second-order valence-corrected chi connectivity index (χ2v) is 17.9. The van der Waals surface area contributed by atoms with Crippen molar-refractivity contribution in [3.05, 3.63) is 0 Å². The molecule has 3 aliphatic rings. The van der Waals surface area contributed by atoms with Crippen LogP contribution in [0.15, 0.2) is 0 Å². The second-order valence-electron chi connectivity index (χ2n) is 17.9. The maximum Gasteiger partial charge on any atom is 0.637 e. The Hall–Kier alpha value is -0.825. The van der Waals surface area contributed by atoms with Crippen LogP contribution >= 0.6 is 0 Å². The van der Waals surface area contributed by atoms with Crippen molar-refractivity contribution in [1.82, 2.24) is 9.80 Å². The lowest BCUT2D eigenvalue weighted by molar-refractivity contribution is -0.317. The number of hydrogen-bond acceptors (Lipinski definition) is 15. The highest BCUT2D eigenvalue weighted by molar-refractivity contribution is 6.35. The zero-order valence-electron chi connectivity index (χ0n) is 36.2. The van der Waals surface area contributed by atoms with Gasteiger partial charge in [-0.25, -0.2) is 0 Å². The fraction of sp³-hybridized carbons (Fsp3) is 0.974. The summed E-state index contributed by atoms with van der Waals surface area (Å²) in [6.45, 7) is 20.3. The molecule has 322 valence electrons. The van der Waals surface area contributed by atoms with Gasteiger partial charge in [-0.05, 0) is 94.8 Å². The van der Waals surface area contributed by atoms with Crippen LogP contribution in [0.25, 0.3) is 0 Å². The number of aliphatic hydroxyl groups is 4. The Morgan fingerprint density at radius 3 is 2.24 bits per heavy atom. The molecule has 0 spiro atoms. The number of ether oxygens (including phenoxy) is 5. The van der Waals surface area contributed by atoms with Gasteiger partial charge in [0, 0.05) is 44.0 Å². The molecule has 18 atom stereocenters. The molecule has 0 aromatic rings. The van der Waals surface area contributed by atoms with Crippen molar-refractivity contribution in [2.24, 2.45) is 17.8 Å². The summed E-state index contributed by atoms with van der Waals surface area (Å²) in [5.74, 6) is -1.57. The third kappa shape index (κ3) is 11.3. The monoisotopic (exact) mass is 791 g/mol. The molecular weight excluding hydrogens is 715 g/mol. The lowest BCUT2D eigenvalue weighted by Crippen LogP contribution is -2.60. The smallest absolute Gasteiger partial charge is 0.402 e. The van der Waals surface area contributed by atoms with Crippen molar-refractivity contribution in [2.75, 3.05) is 34.8 Å². The molecule has 2 unspecified atom stereocenters. The van der Waals surface area contributed by atoms with Crippen LogP contribution in [0.1, 0.15) is 102 Å². The molecule has 55 heavy (non-hydrogen) atoms. The Kier molecular flexibility index (Phi) is 17.2. The van der Waals surface area contributed by atoms with Crippen LogP contribution in [-0.2, 0) is 37.8 Å². The van der Waals surface area contributed by atoms with Gasteiger partial charge >= 0.3 is 7.32 Å². The minimum Gasteiger partial charge on any atom is -0.402 e. The van der Waals surface area contributed by atoms with Crippen LogP contribution < -0.4 is 0 Å². The molecule has 0 amide bonds. The van der Waals surface area contributed by atoms with E-state index in [1.54, 1.807) is 34.6 Å². The predicted octanol–water partition coefficient (Wildman–Crippen LogP) is 1.96. The third-order valence-electron chi connectivity index (χ3n) is 12.8. The molecular formula is C39H75BN2O13. The van der Waals surface area contributed by atoms with E-state index in [2.05, 4.69) is 4.90 Å². The van der Waals surface area contributed by atoms with E-state index in [0.717, 1.165) is 0 Å². The summed E-state index contributed by atoms with van der Waals surface area (Å²) >= 11 is 0. The summed E-state index contributed by atoms with van der Waals surface area (Å²) in [6.07, 6.45) is -6.64. The Balaban J connectivity index is 1.96. The summed E-state index contributed by atoms with van der Waals surface area (Å²) in [6, 6.07) is -0.556. The topological polar surface area (TPSA) is 189 Å². The molecule has 0 aliphatic carbocycles. The number of likely N-dealkylation sites (N-methyl/N-ethyl adjacent to an activating group) is 2. The van der Waals surface area contributed by atoms with Crippen LogP contribution in [-0.4, -0.2) is 173 Å².